The number of carbonyl (C=O) groups is 2. The molecule has 0 unspecified atom stereocenters. The molecule has 1 aromatic heterocycles. The second-order valence-electron chi connectivity index (χ2n) is 5.61. The van der Waals surface area contributed by atoms with Gasteiger partial charge < -0.3 is 19.8 Å². The van der Waals surface area contributed by atoms with E-state index in [0.717, 1.165) is 0 Å². The second-order valence-corrected chi connectivity index (χ2v) is 5.61. The van der Waals surface area contributed by atoms with Crippen molar-refractivity contribution in [2.75, 3.05) is 0 Å². The van der Waals surface area contributed by atoms with Crippen LogP contribution in [0.25, 0.3) is 0 Å². The van der Waals surface area contributed by atoms with Gasteiger partial charge in [-0.2, -0.15) is 0 Å². The molecule has 0 radical (unpaired) electrons. The Morgan fingerprint density at radius 2 is 2.10 bits per heavy atom. The summed E-state index contributed by atoms with van der Waals surface area (Å²) in [5, 5.41) is 5.33. The average Bonchev–Trinajstić information content (AvgIpc) is 2.75. The Labute approximate surface area is 118 Å². The summed E-state index contributed by atoms with van der Waals surface area (Å²) >= 11 is 0. The standard InChI is InChI=1S/C14H22N2O4/c1-10(16-13(18)20-14(2,3)4)8-12(17)15-9-11-6-5-7-19-11/h5-7,10H,8-9H2,1-4H3,(H,15,17)(H,16,18)/t10-/m0/s1. The number of carbonyl (C=O) groups excluding carboxylic acids is 2. The molecule has 20 heavy (non-hydrogen) atoms. The number of hydrogen-bond acceptors (Lipinski definition) is 4. The van der Waals surface area contributed by atoms with E-state index in [-0.39, 0.29) is 18.4 Å². The zero-order chi connectivity index (χ0) is 15.2. The molecule has 2 amide bonds. The van der Waals surface area contributed by atoms with Crippen LogP contribution in [0, 0.1) is 0 Å². The van der Waals surface area contributed by atoms with E-state index >= 15 is 0 Å². The highest BCUT2D eigenvalue weighted by Gasteiger charge is 2.18. The SMILES string of the molecule is C[C@@H](CC(=O)NCc1ccco1)NC(=O)OC(C)(C)C. The van der Waals surface area contributed by atoms with Crippen LogP contribution in [0.15, 0.2) is 22.8 Å². The maximum absolute atomic E-state index is 11.7. The number of furan rings is 1. The highest BCUT2D eigenvalue weighted by Crippen LogP contribution is 2.07. The van der Waals surface area contributed by atoms with Crippen molar-refractivity contribution in [1.29, 1.82) is 0 Å². The quantitative estimate of drug-likeness (QED) is 0.867. The van der Waals surface area contributed by atoms with Crippen molar-refractivity contribution in [3.63, 3.8) is 0 Å². The van der Waals surface area contributed by atoms with E-state index in [0.29, 0.717) is 12.3 Å². The Morgan fingerprint density at radius 1 is 1.40 bits per heavy atom. The fourth-order valence-electron chi connectivity index (χ4n) is 1.51. The molecule has 2 N–H and O–H groups in total. The molecular weight excluding hydrogens is 260 g/mol. The van der Waals surface area contributed by atoms with Gasteiger partial charge in [-0.1, -0.05) is 0 Å². The van der Waals surface area contributed by atoms with Crippen LogP contribution in [-0.2, 0) is 16.1 Å². The van der Waals surface area contributed by atoms with E-state index in [1.807, 2.05) is 0 Å². The number of rotatable bonds is 5. The molecule has 1 heterocycles. The number of ether oxygens (including phenoxy) is 1. The van der Waals surface area contributed by atoms with E-state index in [2.05, 4.69) is 10.6 Å². The maximum Gasteiger partial charge on any atom is 0.407 e. The van der Waals surface area contributed by atoms with Gasteiger partial charge in [0, 0.05) is 12.5 Å². The van der Waals surface area contributed by atoms with Crippen molar-refractivity contribution in [2.45, 2.75) is 52.3 Å². The van der Waals surface area contributed by atoms with Gasteiger partial charge in [-0.3, -0.25) is 4.79 Å². The van der Waals surface area contributed by atoms with Crippen LogP contribution in [0.2, 0.25) is 0 Å². The van der Waals surface area contributed by atoms with Crippen molar-refractivity contribution < 1.29 is 18.7 Å². The first-order valence-corrected chi connectivity index (χ1v) is 6.55. The van der Waals surface area contributed by atoms with E-state index in [4.69, 9.17) is 9.15 Å². The first-order valence-electron chi connectivity index (χ1n) is 6.55. The summed E-state index contributed by atoms with van der Waals surface area (Å²) in [7, 11) is 0. The summed E-state index contributed by atoms with van der Waals surface area (Å²) < 4.78 is 10.2. The first-order chi connectivity index (χ1) is 9.26. The fraction of sp³-hybridized carbons (Fsp3) is 0.571. The van der Waals surface area contributed by atoms with Crippen molar-refractivity contribution >= 4 is 12.0 Å². The lowest BCUT2D eigenvalue weighted by molar-refractivity contribution is -0.121. The van der Waals surface area contributed by atoms with E-state index in [9.17, 15) is 9.59 Å². The Bertz CT molecular complexity index is 435. The number of alkyl carbamates (subject to hydrolysis) is 1. The molecule has 112 valence electrons. The summed E-state index contributed by atoms with van der Waals surface area (Å²) in [5.41, 5.74) is -0.550. The maximum atomic E-state index is 11.7. The molecular formula is C14H22N2O4. The molecule has 0 saturated carbocycles. The van der Waals surface area contributed by atoms with Crippen LogP contribution in [0.1, 0.15) is 39.9 Å². The van der Waals surface area contributed by atoms with Crippen LogP contribution in [0.5, 0.6) is 0 Å². The predicted molar refractivity (Wildman–Crippen MR) is 74.0 cm³/mol. The third kappa shape index (κ3) is 6.82. The highest BCUT2D eigenvalue weighted by atomic mass is 16.6. The minimum atomic E-state index is -0.550. The number of hydrogen-bond donors (Lipinski definition) is 2. The van der Waals surface area contributed by atoms with Crippen LogP contribution in [0.4, 0.5) is 4.79 Å². The molecule has 1 rings (SSSR count). The van der Waals surface area contributed by atoms with Crippen molar-refractivity contribution in [2.24, 2.45) is 0 Å². The summed E-state index contributed by atoms with van der Waals surface area (Å²) in [6.45, 7) is 7.44. The molecule has 0 saturated heterocycles. The monoisotopic (exact) mass is 282 g/mol. The Balaban J connectivity index is 2.25. The molecule has 0 aromatic carbocycles. The second kappa shape index (κ2) is 6.98. The molecule has 0 spiro atoms. The zero-order valence-electron chi connectivity index (χ0n) is 12.4. The topological polar surface area (TPSA) is 80.6 Å². The number of amides is 2. The summed E-state index contributed by atoms with van der Waals surface area (Å²) in [6.07, 6.45) is 1.21. The molecule has 0 fully saturated rings. The van der Waals surface area contributed by atoms with Gasteiger partial charge in [-0.25, -0.2) is 4.79 Å². The molecule has 0 aliphatic carbocycles. The Morgan fingerprint density at radius 3 is 2.65 bits per heavy atom. The molecule has 1 atom stereocenters. The summed E-state index contributed by atoms with van der Waals surface area (Å²) in [6, 6.07) is 3.23. The van der Waals surface area contributed by atoms with Gasteiger partial charge in [0.15, 0.2) is 0 Å². The molecule has 0 aliphatic heterocycles. The molecule has 0 aliphatic rings. The van der Waals surface area contributed by atoms with Crippen LogP contribution < -0.4 is 10.6 Å². The predicted octanol–water partition coefficient (Wildman–Crippen LogP) is 2.20. The largest absolute Gasteiger partial charge is 0.467 e. The molecule has 0 bridgehead atoms. The van der Waals surface area contributed by atoms with Crippen molar-refractivity contribution in [3.8, 4) is 0 Å². The smallest absolute Gasteiger partial charge is 0.407 e. The molecule has 6 nitrogen and oxygen atoms in total. The fourth-order valence-corrected chi connectivity index (χ4v) is 1.51. The highest BCUT2D eigenvalue weighted by molar-refractivity contribution is 5.77. The molecule has 6 heteroatoms. The Kier molecular flexibility index (Phi) is 5.61. The summed E-state index contributed by atoms with van der Waals surface area (Å²) in [5.74, 6) is 0.524. The minimum absolute atomic E-state index is 0.162. The normalized spacial score (nSPS) is 12.6. The first kappa shape index (κ1) is 16.1. The van der Waals surface area contributed by atoms with E-state index < -0.39 is 11.7 Å². The van der Waals surface area contributed by atoms with Gasteiger partial charge in [-0.15, -0.1) is 0 Å². The lowest BCUT2D eigenvalue weighted by atomic mass is 10.2. The zero-order valence-corrected chi connectivity index (χ0v) is 12.4. The van der Waals surface area contributed by atoms with Gasteiger partial charge in [0.05, 0.1) is 12.8 Å². The van der Waals surface area contributed by atoms with Crippen molar-refractivity contribution in [3.05, 3.63) is 24.2 Å². The van der Waals surface area contributed by atoms with Gasteiger partial charge in [-0.05, 0) is 39.8 Å². The average molecular weight is 282 g/mol. The van der Waals surface area contributed by atoms with Crippen LogP contribution in [0.3, 0.4) is 0 Å². The van der Waals surface area contributed by atoms with Gasteiger partial charge >= 0.3 is 6.09 Å². The minimum Gasteiger partial charge on any atom is -0.467 e. The number of nitrogens with one attached hydrogen (secondary N) is 2. The Hall–Kier alpha value is -1.98. The van der Waals surface area contributed by atoms with Crippen LogP contribution in [-0.4, -0.2) is 23.6 Å². The van der Waals surface area contributed by atoms with Gasteiger partial charge in [0.2, 0.25) is 5.91 Å². The molecule has 1 aromatic rings. The lowest BCUT2D eigenvalue weighted by Crippen LogP contribution is -2.40. The summed E-state index contributed by atoms with van der Waals surface area (Å²) in [4.78, 5) is 23.2. The van der Waals surface area contributed by atoms with Crippen molar-refractivity contribution in [1.82, 2.24) is 10.6 Å². The van der Waals surface area contributed by atoms with E-state index in [1.54, 1.807) is 46.1 Å². The third-order valence-corrected chi connectivity index (χ3v) is 2.29. The van der Waals surface area contributed by atoms with Crippen LogP contribution >= 0.6 is 0 Å². The van der Waals surface area contributed by atoms with E-state index in [1.165, 1.54) is 0 Å². The third-order valence-electron chi connectivity index (χ3n) is 2.29. The van der Waals surface area contributed by atoms with Gasteiger partial charge in [0.1, 0.15) is 11.4 Å². The van der Waals surface area contributed by atoms with Gasteiger partial charge in [0.25, 0.3) is 0 Å². The lowest BCUT2D eigenvalue weighted by Gasteiger charge is -2.21.